The third kappa shape index (κ3) is 2.96. The lowest BCUT2D eigenvalue weighted by atomic mass is 10.2. The molecule has 0 aromatic rings. The highest BCUT2D eigenvalue weighted by Crippen LogP contribution is 2.26. The molecular formula is C12H24N2. The van der Waals surface area contributed by atoms with Gasteiger partial charge in [-0.05, 0) is 32.2 Å². The zero-order valence-corrected chi connectivity index (χ0v) is 9.47. The molecule has 0 aromatic carbocycles. The molecule has 82 valence electrons. The van der Waals surface area contributed by atoms with Crippen LogP contribution in [0.4, 0.5) is 0 Å². The summed E-state index contributed by atoms with van der Waals surface area (Å²) in [5, 5.41) is 3.69. The maximum atomic E-state index is 3.69. The molecule has 1 N–H and O–H groups in total. The molecule has 2 fully saturated rings. The van der Waals surface area contributed by atoms with Gasteiger partial charge >= 0.3 is 0 Å². The van der Waals surface area contributed by atoms with Crippen LogP contribution in [0.2, 0.25) is 0 Å². The molecule has 2 heteroatoms. The van der Waals surface area contributed by atoms with Crippen LogP contribution >= 0.6 is 0 Å². The average molecular weight is 196 g/mol. The lowest BCUT2D eigenvalue weighted by Gasteiger charge is -2.21. The molecule has 2 aliphatic rings. The van der Waals surface area contributed by atoms with Crippen molar-refractivity contribution >= 4 is 0 Å². The van der Waals surface area contributed by atoms with Crippen molar-refractivity contribution < 1.29 is 0 Å². The van der Waals surface area contributed by atoms with Crippen molar-refractivity contribution in [1.29, 1.82) is 0 Å². The summed E-state index contributed by atoms with van der Waals surface area (Å²) < 4.78 is 0. The number of nitrogens with one attached hydrogen (secondary N) is 1. The molecular weight excluding hydrogens is 172 g/mol. The second kappa shape index (κ2) is 5.13. The average Bonchev–Trinajstić information content (AvgIpc) is 2.91. The van der Waals surface area contributed by atoms with Gasteiger partial charge in [-0.3, -0.25) is 4.90 Å². The SMILES string of the molecule is CCN(CCNC1CCCC1)C1CC1. The number of hydrogen-bond acceptors (Lipinski definition) is 2. The summed E-state index contributed by atoms with van der Waals surface area (Å²) in [5.41, 5.74) is 0. The minimum atomic E-state index is 0.841. The first-order valence-corrected chi connectivity index (χ1v) is 6.37. The van der Waals surface area contributed by atoms with Gasteiger partial charge in [0.15, 0.2) is 0 Å². The summed E-state index contributed by atoms with van der Waals surface area (Å²) in [5.74, 6) is 0. The monoisotopic (exact) mass is 196 g/mol. The number of rotatable bonds is 6. The van der Waals surface area contributed by atoms with Crippen molar-refractivity contribution in [3.8, 4) is 0 Å². The largest absolute Gasteiger partial charge is 0.313 e. The van der Waals surface area contributed by atoms with Crippen molar-refractivity contribution in [1.82, 2.24) is 10.2 Å². The van der Waals surface area contributed by atoms with E-state index in [1.54, 1.807) is 0 Å². The highest BCUT2D eigenvalue weighted by molar-refractivity contribution is 4.84. The topological polar surface area (TPSA) is 15.3 Å². The predicted molar refractivity (Wildman–Crippen MR) is 60.5 cm³/mol. The van der Waals surface area contributed by atoms with Gasteiger partial charge in [-0.15, -0.1) is 0 Å². The Morgan fingerprint density at radius 3 is 2.43 bits per heavy atom. The van der Waals surface area contributed by atoms with E-state index in [2.05, 4.69) is 17.1 Å². The Bertz CT molecular complexity index is 160. The molecule has 0 aliphatic heterocycles. The van der Waals surface area contributed by atoms with Crippen LogP contribution in [0.3, 0.4) is 0 Å². The maximum Gasteiger partial charge on any atom is 0.0110 e. The first-order valence-electron chi connectivity index (χ1n) is 6.37. The fourth-order valence-electron chi connectivity index (χ4n) is 2.58. The van der Waals surface area contributed by atoms with Crippen LogP contribution < -0.4 is 5.32 Å². The van der Waals surface area contributed by atoms with Crippen molar-refractivity contribution in [2.24, 2.45) is 0 Å². The third-order valence-corrected chi connectivity index (χ3v) is 3.66. The third-order valence-electron chi connectivity index (χ3n) is 3.66. The molecule has 2 rings (SSSR count). The second-order valence-electron chi connectivity index (χ2n) is 4.80. The quantitative estimate of drug-likeness (QED) is 0.699. The predicted octanol–water partition coefficient (Wildman–Crippen LogP) is 2.00. The van der Waals surface area contributed by atoms with Crippen LogP contribution in [-0.2, 0) is 0 Å². The lowest BCUT2D eigenvalue weighted by molar-refractivity contribution is 0.272. The molecule has 2 nitrogen and oxygen atoms in total. The number of hydrogen-bond donors (Lipinski definition) is 1. The van der Waals surface area contributed by atoms with E-state index in [1.807, 2.05) is 0 Å². The molecule has 0 heterocycles. The number of nitrogens with zero attached hydrogens (tertiary/aromatic N) is 1. The van der Waals surface area contributed by atoms with E-state index in [9.17, 15) is 0 Å². The Labute approximate surface area is 88.1 Å². The first-order chi connectivity index (χ1) is 6.90. The van der Waals surface area contributed by atoms with Gasteiger partial charge in [-0.1, -0.05) is 19.8 Å². The Hall–Kier alpha value is -0.0800. The van der Waals surface area contributed by atoms with E-state index in [-0.39, 0.29) is 0 Å². The smallest absolute Gasteiger partial charge is 0.0110 e. The molecule has 0 atom stereocenters. The molecule has 2 aliphatic carbocycles. The van der Waals surface area contributed by atoms with Crippen LogP contribution in [0, 0.1) is 0 Å². The van der Waals surface area contributed by atoms with Crippen molar-refractivity contribution in [2.75, 3.05) is 19.6 Å². The Morgan fingerprint density at radius 1 is 1.14 bits per heavy atom. The fraction of sp³-hybridized carbons (Fsp3) is 1.00. The zero-order valence-electron chi connectivity index (χ0n) is 9.47. The van der Waals surface area contributed by atoms with Crippen LogP contribution in [0.25, 0.3) is 0 Å². The van der Waals surface area contributed by atoms with Crippen molar-refractivity contribution in [2.45, 2.75) is 57.5 Å². The van der Waals surface area contributed by atoms with E-state index >= 15 is 0 Å². The normalized spacial score (nSPS) is 23.6. The summed E-state index contributed by atoms with van der Waals surface area (Å²) in [6, 6.07) is 1.78. The first kappa shape index (κ1) is 10.4. The highest BCUT2D eigenvalue weighted by atomic mass is 15.2. The van der Waals surface area contributed by atoms with Gasteiger partial charge in [0.25, 0.3) is 0 Å². The van der Waals surface area contributed by atoms with Gasteiger partial charge in [0.1, 0.15) is 0 Å². The second-order valence-corrected chi connectivity index (χ2v) is 4.80. The van der Waals surface area contributed by atoms with Gasteiger partial charge in [0.05, 0.1) is 0 Å². The minimum absolute atomic E-state index is 0.841. The van der Waals surface area contributed by atoms with Crippen LogP contribution in [-0.4, -0.2) is 36.6 Å². The van der Waals surface area contributed by atoms with E-state index in [0.717, 1.165) is 12.1 Å². The summed E-state index contributed by atoms with van der Waals surface area (Å²) in [6.45, 7) is 5.98. The summed E-state index contributed by atoms with van der Waals surface area (Å²) in [4.78, 5) is 2.63. The standard InChI is InChI=1S/C12H24N2/c1-2-14(12-7-8-12)10-9-13-11-5-3-4-6-11/h11-13H,2-10H2,1H3. The molecule has 0 amide bonds. The molecule has 2 saturated carbocycles. The van der Waals surface area contributed by atoms with Gasteiger partial charge < -0.3 is 5.32 Å². The molecule has 14 heavy (non-hydrogen) atoms. The zero-order chi connectivity index (χ0) is 9.80. The van der Waals surface area contributed by atoms with E-state index in [1.165, 1.54) is 58.2 Å². The van der Waals surface area contributed by atoms with Gasteiger partial charge in [-0.2, -0.15) is 0 Å². The van der Waals surface area contributed by atoms with Gasteiger partial charge in [-0.25, -0.2) is 0 Å². The molecule has 0 saturated heterocycles. The van der Waals surface area contributed by atoms with Gasteiger partial charge in [0.2, 0.25) is 0 Å². The maximum absolute atomic E-state index is 3.69. The van der Waals surface area contributed by atoms with Gasteiger partial charge in [0, 0.05) is 25.2 Å². The highest BCUT2D eigenvalue weighted by Gasteiger charge is 2.27. The summed E-state index contributed by atoms with van der Waals surface area (Å²) in [6.07, 6.45) is 8.59. The van der Waals surface area contributed by atoms with Crippen LogP contribution in [0.1, 0.15) is 45.4 Å². The molecule has 0 bridgehead atoms. The molecule has 0 spiro atoms. The lowest BCUT2D eigenvalue weighted by Crippen LogP contribution is -2.37. The molecule has 0 aromatic heterocycles. The van der Waals surface area contributed by atoms with Crippen LogP contribution in [0.15, 0.2) is 0 Å². The van der Waals surface area contributed by atoms with E-state index < -0.39 is 0 Å². The molecule has 0 unspecified atom stereocenters. The Balaban J connectivity index is 1.56. The van der Waals surface area contributed by atoms with Crippen molar-refractivity contribution in [3.63, 3.8) is 0 Å². The number of likely N-dealkylation sites (N-methyl/N-ethyl adjacent to an activating group) is 1. The minimum Gasteiger partial charge on any atom is -0.313 e. The Morgan fingerprint density at radius 2 is 1.86 bits per heavy atom. The fourth-order valence-corrected chi connectivity index (χ4v) is 2.58. The van der Waals surface area contributed by atoms with Crippen LogP contribution in [0.5, 0.6) is 0 Å². The van der Waals surface area contributed by atoms with E-state index in [0.29, 0.717) is 0 Å². The summed E-state index contributed by atoms with van der Waals surface area (Å²) >= 11 is 0. The van der Waals surface area contributed by atoms with E-state index in [4.69, 9.17) is 0 Å². The van der Waals surface area contributed by atoms with Crippen molar-refractivity contribution in [3.05, 3.63) is 0 Å². The summed E-state index contributed by atoms with van der Waals surface area (Å²) in [7, 11) is 0. The molecule has 0 radical (unpaired) electrons. The Kier molecular flexibility index (Phi) is 3.82.